The summed E-state index contributed by atoms with van der Waals surface area (Å²) in [6.07, 6.45) is 3.23. The SMILES string of the molecule is CN(C(=O)/C=C/c1ccc(N)cc1)c1ccc(O)cc1. The van der Waals surface area contributed by atoms with Gasteiger partial charge in [0.15, 0.2) is 0 Å². The van der Waals surface area contributed by atoms with Crippen molar-refractivity contribution in [2.75, 3.05) is 17.7 Å². The molecule has 0 fully saturated rings. The van der Waals surface area contributed by atoms with Crippen LogP contribution in [0.15, 0.2) is 54.6 Å². The lowest BCUT2D eigenvalue weighted by Crippen LogP contribution is -2.23. The third-order valence-corrected chi connectivity index (χ3v) is 2.92. The lowest BCUT2D eigenvalue weighted by molar-refractivity contribution is -0.113. The topological polar surface area (TPSA) is 66.6 Å². The van der Waals surface area contributed by atoms with Crippen molar-refractivity contribution in [3.63, 3.8) is 0 Å². The van der Waals surface area contributed by atoms with Gasteiger partial charge in [-0.3, -0.25) is 4.79 Å². The predicted octanol–water partition coefficient (Wildman–Crippen LogP) is 2.65. The number of nitrogens with two attached hydrogens (primary N) is 1. The van der Waals surface area contributed by atoms with Gasteiger partial charge < -0.3 is 15.7 Å². The summed E-state index contributed by atoms with van der Waals surface area (Å²) in [5, 5.41) is 9.22. The van der Waals surface area contributed by atoms with Gasteiger partial charge in [0.25, 0.3) is 5.91 Å². The molecule has 0 saturated heterocycles. The molecular weight excluding hydrogens is 252 g/mol. The second-order valence-electron chi connectivity index (χ2n) is 4.41. The first-order chi connectivity index (χ1) is 9.56. The zero-order valence-electron chi connectivity index (χ0n) is 11.2. The number of hydrogen-bond donors (Lipinski definition) is 2. The van der Waals surface area contributed by atoms with Crippen LogP contribution in [0.5, 0.6) is 5.75 Å². The molecular formula is C16H16N2O2. The first kappa shape index (κ1) is 13.7. The van der Waals surface area contributed by atoms with E-state index in [1.807, 2.05) is 12.1 Å². The number of phenols is 1. The Morgan fingerprint density at radius 1 is 1.10 bits per heavy atom. The van der Waals surface area contributed by atoms with Gasteiger partial charge in [-0.2, -0.15) is 0 Å². The number of phenolic OH excluding ortho intramolecular Hbond substituents is 1. The Labute approximate surface area is 117 Å². The van der Waals surface area contributed by atoms with Crippen LogP contribution in [0.25, 0.3) is 6.08 Å². The Morgan fingerprint density at radius 3 is 2.30 bits per heavy atom. The van der Waals surface area contributed by atoms with Crippen LogP contribution < -0.4 is 10.6 Å². The Kier molecular flexibility index (Phi) is 4.05. The maximum absolute atomic E-state index is 12.0. The molecule has 0 unspecified atom stereocenters. The summed E-state index contributed by atoms with van der Waals surface area (Å²) in [5.74, 6) is 0.0273. The summed E-state index contributed by atoms with van der Waals surface area (Å²) in [4.78, 5) is 13.5. The average Bonchev–Trinajstić information content (AvgIpc) is 2.46. The van der Waals surface area contributed by atoms with E-state index in [0.717, 1.165) is 11.3 Å². The molecule has 0 heterocycles. The lowest BCUT2D eigenvalue weighted by Gasteiger charge is -2.15. The van der Waals surface area contributed by atoms with Gasteiger partial charge in [0, 0.05) is 24.5 Å². The van der Waals surface area contributed by atoms with E-state index in [1.165, 1.54) is 11.0 Å². The van der Waals surface area contributed by atoms with Crippen molar-refractivity contribution in [1.29, 1.82) is 0 Å². The smallest absolute Gasteiger partial charge is 0.250 e. The molecule has 0 bridgehead atoms. The summed E-state index contributed by atoms with van der Waals surface area (Å²) >= 11 is 0. The van der Waals surface area contributed by atoms with Crippen LogP contribution in [0.3, 0.4) is 0 Å². The fraction of sp³-hybridized carbons (Fsp3) is 0.0625. The van der Waals surface area contributed by atoms with Crippen molar-refractivity contribution in [2.24, 2.45) is 0 Å². The van der Waals surface area contributed by atoms with Crippen LogP contribution >= 0.6 is 0 Å². The van der Waals surface area contributed by atoms with E-state index < -0.39 is 0 Å². The van der Waals surface area contributed by atoms with Gasteiger partial charge in [-0.05, 0) is 48.0 Å². The standard InChI is InChI=1S/C16H16N2O2/c1-18(14-7-9-15(19)10-8-14)16(20)11-4-12-2-5-13(17)6-3-12/h2-11,19H,17H2,1H3/b11-4+. The quantitative estimate of drug-likeness (QED) is 0.664. The molecule has 0 spiro atoms. The molecule has 0 aliphatic heterocycles. The molecule has 2 aromatic rings. The van der Waals surface area contributed by atoms with E-state index in [-0.39, 0.29) is 11.7 Å². The summed E-state index contributed by atoms with van der Waals surface area (Å²) in [5.41, 5.74) is 7.92. The number of likely N-dealkylation sites (N-methyl/N-ethyl adjacent to an activating group) is 1. The average molecular weight is 268 g/mol. The molecule has 0 aliphatic carbocycles. The fourth-order valence-corrected chi connectivity index (χ4v) is 1.69. The van der Waals surface area contributed by atoms with Crippen LogP contribution in [-0.4, -0.2) is 18.1 Å². The van der Waals surface area contributed by atoms with E-state index in [1.54, 1.807) is 49.5 Å². The molecule has 4 heteroatoms. The Balaban J connectivity index is 2.07. The monoisotopic (exact) mass is 268 g/mol. The second kappa shape index (κ2) is 5.93. The zero-order chi connectivity index (χ0) is 14.5. The fourth-order valence-electron chi connectivity index (χ4n) is 1.69. The number of amides is 1. The van der Waals surface area contributed by atoms with Crippen LogP contribution in [0.2, 0.25) is 0 Å². The van der Waals surface area contributed by atoms with Crippen molar-refractivity contribution in [3.05, 3.63) is 60.2 Å². The van der Waals surface area contributed by atoms with Gasteiger partial charge in [0.05, 0.1) is 0 Å². The molecule has 0 radical (unpaired) electrons. The Morgan fingerprint density at radius 2 is 1.70 bits per heavy atom. The number of aromatic hydroxyl groups is 1. The maximum Gasteiger partial charge on any atom is 0.250 e. The third kappa shape index (κ3) is 3.38. The van der Waals surface area contributed by atoms with E-state index in [2.05, 4.69) is 0 Å². The minimum atomic E-state index is -0.146. The highest BCUT2D eigenvalue weighted by molar-refractivity contribution is 6.03. The van der Waals surface area contributed by atoms with Gasteiger partial charge >= 0.3 is 0 Å². The first-order valence-electron chi connectivity index (χ1n) is 6.16. The van der Waals surface area contributed by atoms with Crippen molar-refractivity contribution in [2.45, 2.75) is 0 Å². The Bertz CT molecular complexity index is 616. The Hall–Kier alpha value is -2.75. The molecule has 0 aliphatic rings. The minimum Gasteiger partial charge on any atom is -0.508 e. The lowest BCUT2D eigenvalue weighted by atomic mass is 10.2. The van der Waals surface area contributed by atoms with Gasteiger partial charge in [0.1, 0.15) is 5.75 Å². The van der Waals surface area contributed by atoms with Crippen molar-refractivity contribution >= 4 is 23.4 Å². The molecule has 3 N–H and O–H groups in total. The zero-order valence-corrected chi connectivity index (χ0v) is 11.2. The molecule has 102 valence electrons. The van der Waals surface area contributed by atoms with E-state index in [0.29, 0.717) is 5.69 Å². The van der Waals surface area contributed by atoms with Crippen molar-refractivity contribution in [3.8, 4) is 5.75 Å². The minimum absolute atomic E-state index is 0.146. The summed E-state index contributed by atoms with van der Waals surface area (Å²) < 4.78 is 0. The van der Waals surface area contributed by atoms with Crippen LogP contribution in [0.4, 0.5) is 11.4 Å². The van der Waals surface area contributed by atoms with Gasteiger partial charge in [0.2, 0.25) is 0 Å². The molecule has 4 nitrogen and oxygen atoms in total. The van der Waals surface area contributed by atoms with Crippen LogP contribution in [-0.2, 0) is 4.79 Å². The molecule has 0 saturated carbocycles. The first-order valence-corrected chi connectivity index (χ1v) is 6.16. The highest BCUT2D eigenvalue weighted by Gasteiger charge is 2.07. The van der Waals surface area contributed by atoms with E-state index in [9.17, 15) is 9.90 Å². The molecule has 2 rings (SSSR count). The van der Waals surface area contributed by atoms with E-state index in [4.69, 9.17) is 5.73 Å². The summed E-state index contributed by atoms with van der Waals surface area (Å²) in [6, 6.07) is 13.7. The van der Waals surface area contributed by atoms with Crippen molar-refractivity contribution < 1.29 is 9.90 Å². The largest absolute Gasteiger partial charge is 0.508 e. The number of nitrogen functional groups attached to an aromatic ring is 1. The highest BCUT2D eigenvalue weighted by atomic mass is 16.3. The number of carbonyl (C=O) groups excluding carboxylic acids is 1. The number of rotatable bonds is 3. The van der Waals surface area contributed by atoms with Gasteiger partial charge in [-0.25, -0.2) is 0 Å². The molecule has 2 aromatic carbocycles. The molecule has 1 amide bonds. The number of anilines is 2. The summed E-state index contributed by atoms with van der Waals surface area (Å²) in [7, 11) is 1.68. The van der Waals surface area contributed by atoms with E-state index >= 15 is 0 Å². The van der Waals surface area contributed by atoms with Gasteiger partial charge in [-0.15, -0.1) is 0 Å². The van der Waals surface area contributed by atoms with Crippen molar-refractivity contribution in [1.82, 2.24) is 0 Å². The highest BCUT2D eigenvalue weighted by Crippen LogP contribution is 2.17. The third-order valence-electron chi connectivity index (χ3n) is 2.92. The van der Waals surface area contributed by atoms with Gasteiger partial charge in [-0.1, -0.05) is 12.1 Å². The number of carbonyl (C=O) groups is 1. The predicted molar refractivity (Wildman–Crippen MR) is 81.4 cm³/mol. The molecule has 0 aromatic heterocycles. The molecule has 0 atom stereocenters. The van der Waals surface area contributed by atoms with Crippen LogP contribution in [0.1, 0.15) is 5.56 Å². The maximum atomic E-state index is 12.0. The number of nitrogens with zero attached hydrogens (tertiary/aromatic N) is 1. The summed E-state index contributed by atoms with van der Waals surface area (Å²) in [6.45, 7) is 0. The molecule has 20 heavy (non-hydrogen) atoms. The van der Waals surface area contributed by atoms with Crippen LogP contribution in [0, 0.1) is 0 Å². The normalized spacial score (nSPS) is 10.7. The number of hydrogen-bond acceptors (Lipinski definition) is 3. The number of benzene rings is 2. The second-order valence-corrected chi connectivity index (χ2v) is 4.41.